The van der Waals surface area contributed by atoms with E-state index in [0.29, 0.717) is 19.3 Å². The fraction of sp³-hybridized carbons (Fsp3) is 0.915. The summed E-state index contributed by atoms with van der Waals surface area (Å²) in [4.78, 5) is 69.7. The van der Waals surface area contributed by atoms with Crippen LogP contribution in [0.15, 0.2) is 0 Å². The number of phosphoric acid groups is 2. The minimum atomic E-state index is -4.90. The quantitative estimate of drug-likeness (QED) is 0.0222. The van der Waals surface area contributed by atoms with Gasteiger partial charge in [0.2, 0.25) is 0 Å². The zero-order valence-electron chi connectivity index (χ0n) is 41.1. The van der Waals surface area contributed by atoms with Gasteiger partial charge < -0.3 is 33.8 Å². The van der Waals surface area contributed by atoms with E-state index in [2.05, 4.69) is 13.8 Å². The van der Waals surface area contributed by atoms with Crippen molar-refractivity contribution in [1.82, 2.24) is 0 Å². The highest BCUT2D eigenvalue weighted by Gasteiger charge is 2.30. The molecule has 0 saturated carbocycles. The topological polar surface area (TPSA) is 237 Å². The van der Waals surface area contributed by atoms with Crippen molar-refractivity contribution in [2.45, 2.75) is 239 Å². The summed E-state index contributed by atoms with van der Waals surface area (Å²) in [7, 11) is -9.80. The molecule has 0 fully saturated rings. The van der Waals surface area contributed by atoms with Gasteiger partial charge in [-0.15, -0.1) is 0 Å². The van der Waals surface area contributed by atoms with Crippen molar-refractivity contribution >= 4 is 39.5 Å². The molecular weight excluding hydrogens is 898 g/mol. The Morgan fingerprint density at radius 2 is 0.652 bits per heavy atom. The van der Waals surface area contributed by atoms with Crippen molar-refractivity contribution in [1.29, 1.82) is 0 Å². The Labute approximate surface area is 397 Å². The Balaban J connectivity index is 4.80. The Bertz CT molecular complexity index is 1320. The molecule has 0 aromatic rings. The first kappa shape index (κ1) is 64.1. The molecule has 0 aliphatic carbocycles. The van der Waals surface area contributed by atoms with Crippen LogP contribution < -0.4 is 0 Å². The zero-order valence-corrected chi connectivity index (χ0v) is 42.9. The smallest absolute Gasteiger partial charge is 0.462 e. The van der Waals surface area contributed by atoms with Crippen molar-refractivity contribution in [2.24, 2.45) is 0 Å². The highest BCUT2D eigenvalue weighted by molar-refractivity contribution is 7.47. The molecule has 0 rings (SSSR count). The van der Waals surface area contributed by atoms with E-state index in [0.717, 1.165) is 77.0 Å². The van der Waals surface area contributed by atoms with Gasteiger partial charge in [0.1, 0.15) is 19.3 Å². The predicted octanol–water partition coefficient (Wildman–Crippen LogP) is 11.3. The van der Waals surface area contributed by atoms with Crippen molar-refractivity contribution in [3.8, 4) is 0 Å². The lowest BCUT2D eigenvalue weighted by molar-refractivity contribution is -0.161. The van der Waals surface area contributed by atoms with Crippen LogP contribution in [0.3, 0.4) is 0 Å². The van der Waals surface area contributed by atoms with Crippen LogP contribution >= 0.6 is 15.6 Å². The number of phosphoric ester groups is 2. The van der Waals surface area contributed by atoms with E-state index in [1.165, 1.54) is 70.6 Å². The second-order valence-corrected chi connectivity index (χ2v) is 20.0. The summed E-state index contributed by atoms with van der Waals surface area (Å²) < 4.78 is 66.0. The molecule has 0 amide bonds. The third kappa shape index (κ3) is 42.2. The standard InChI is InChI=1S/C47H90O17P2/c1-5-9-12-15-17-18-19-20-21-22-23-24-26-28-31-34-47(52)63-42(37-57-44(49)8-4)39-61-65(53,54)59-35-41(48)36-60-66(55,56)62-40-43(64-46(51)33-29-14-11-7-3)38-58-45(50)32-30-27-25-16-13-10-6-2/h41-43,48H,5-40H2,1-4H3,(H,53,54)(H,55,56)/t41-,42-,43-/m1/s1. The summed E-state index contributed by atoms with van der Waals surface area (Å²) in [5.41, 5.74) is 0. The van der Waals surface area contributed by atoms with E-state index in [4.69, 9.17) is 37.0 Å². The third-order valence-electron chi connectivity index (χ3n) is 10.7. The fourth-order valence-corrected chi connectivity index (χ4v) is 8.25. The summed E-state index contributed by atoms with van der Waals surface area (Å²) in [5.74, 6) is -2.27. The minimum Gasteiger partial charge on any atom is -0.462 e. The van der Waals surface area contributed by atoms with E-state index in [1.807, 2.05) is 6.92 Å². The molecule has 0 aliphatic heterocycles. The molecule has 0 aromatic heterocycles. The minimum absolute atomic E-state index is 0.0517. The Morgan fingerprint density at radius 1 is 0.379 bits per heavy atom. The maximum atomic E-state index is 12.7. The zero-order chi connectivity index (χ0) is 49.2. The molecule has 5 atom stereocenters. The molecule has 0 saturated heterocycles. The van der Waals surface area contributed by atoms with Gasteiger partial charge in [0, 0.05) is 25.7 Å². The van der Waals surface area contributed by atoms with Gasteiger partial charge in [-0.1, -0.05) is 175 Å². The number of hydrogen-bond donors (Lipinski definition) is 3. The number of carbonyl (C=O) groups is 4. The number of carbonyl (C=O) groups excluding carboxylic acids is 4. The second kappa shape index (κ2) is 43.1. The molecule has 390 valence electrons. The van der Waals surface area contributed by atoms with E-state index in [-0.39, 0.29) is 25.7 Å². The van der Waals surface area contributed by atoms with E-state index >= 15 is 0 Å². The lowest BCUT2D eigenvalue weighted by Crippen LogP contribution is -2.30. The maximum Gasteiger partial charge on any atom is 0.472 e. The van der Waals surface area contributed by atoms with Gasteiger partial charge in [-0.2, -0.15) is 0 Å². The van der Waals surface area contributed by atoms with E-state index < -0.39 is 97.5 Å². The summed E-state index contributed by atoms with van der Waals surface area (Å²) in [6, 6.07) is 0. The lowest BCUT2D eigenvalue weighted by Gasteiger charge is -2.21. The number of rotatable bonds is 48. The van der Waals surface area contributed by atoms with Crippen LogP contribution in [0.1, 0.15) is 220 Å². The van der Waals surface area contributed by atoms with Crippen LogP contribution in [-0.4, -0.2) is 96.7 Å². The lowest BCUT2D eigenvalue weighted by atomic mass is 10.0. The molecule has 3 N–H and O–H groups in total. The molecule has 0 aliphatic rings. The van der Waals surface area contributed by atoms with Crippen LogP contribution in [0.2, 0.25) is 0 Å². The van der Waals surface area contributed by atoms with Gasteiger partial charge in [0.05, 0.1) is 26.4 Å². The number of aliphatic hydroxyl groups excluding tert-OH is 1. The molecular formula is C47H90O17P2. The summed E-state index contributed by atoms with van der Waals surface area (Å²) in [5, 5.41) is 10.3. The molecule has 0 radical (unpaired) electrons. The summed E-state index contributed by atoms with van der Waals surface area (Å²) in [6.07, 6.45) is 24.3. The van der Waals surface area contributed by atoms with E-state index in [1.54, 1.807) is 6.92 Å². The van der Waals surface area contributed by atoms with E-state index in [9.17, 15) is 43.2 Å². The van der Waals surface area contributed by atoms with Gasteiger partial charge in [-0.3, -0.25) is 37.3 Å². The molecule has 66 heavy (non-hydrogen) atoms. The third-order valence-corrected chi connectivity index (χ3v) is 12.6. The number of ether oxygens (including phenoxy) is 4. The average Bonchev–Trinajstić information content (AvgIpc) is 3.29. The summed E-state index contributed by atoms with van der Waals surface area (Å²) in [6.45, 7) is 3.99. The molecule has 0 bridgehead atoms. The highest BCUT2D eigenvalue weighted by atomic mass is 31.2. The van der Waals surface area contributed by atoms with Crippen LogP contribution in [0.5, 0.6) is 0 Å². The Hall–Kier alpha value is -1.94. The first-order valence-electron chi connectivity index (χ1n) is 25.3. The average molecular weight is 989 g/mol. The van der Waals surface area contributed by atoms with Crippen molar-refractivity contribution < 1.29 is 80.2 Å². The molecule has 0 heterocycles. The van der Waals surface area contributed by atoms with Crippen LogP contribution in [0.4, 0.5) is 0 Å². The van der Waals surface area contributed by atoms with Gasteiger partial charge in [0.25, 0.3) is 0 Å². The van der Waals surface area contributed by atoms with Crippen molar-refractivity contribution in [3.05, 3.63) is 0 Å². The predicted molar refractivity (Wildman–Crippen MR) is 252 cm³/mol. The highest BCUT2D eigenvalue weighted by Crippen LogP contribution is 2.45. The Morgan fingerprint density at radius 3 is 0.985 bits per heavy atom. The normalized spacial score (nSPS) is 14.7. The monoisotopic (exact) mass is 989 g/mol. The number of aliphatic hydroxyl groups is 1. The van der Waals surface area contributed by atoms with Gasteiger partial charge in [-0.25, -0.2) is 9.13 Å². The van der Waals surface area contributed by atoms with Gasteiger partial charge in [-0.05, 0) is 19.3 Å². The molecule has 17 nitrogen and oxygen atoms in total. The van der Waals surface area contributed by atoms with Crippen LogP contribution in [-0.2, 0) is 65.4 Å². The van der Waals surface area contributed by atoms with Gasteiger partial charge in [0.15, 0.2) is 12.2 Å². The molecule has 0 spiro atoms. The van der Waals surface area contributed by atoms with Crippen molar-refractivity contribution in [3.63, 3.8) is 0 Å². The van der Waals surface area contributed by atoms with Gasteiger partial charge >= 0.3 is 39.5 Å². The first-order chi connectivity index (χ1) is 31.7. The van der Waals surface area contributed by atoms with Crippen LogP contribution in [0, 0.1) is 0 Å². The number of hydrogen-bond acceptors (Lipinski definition) is 15. The fourth-order valence-electron chi connectivity index (χ4n) is 6.67. The first-order valence-corrected chi connectivity index (χ1v) is 28.3. The largest absolute Gasteiger partial charge is 0.472 e. The molecule has 2 unspecified atom stereocenters. The number of esters is 4. The second-order valence-electron chi connectivity index (χ2n) is 17.1. The Kier molecular flexibility index (Phi) is 41.8. The number of unbranched alkanes of at least 4 members (excludes halogenated alkanes) is 23. The maximum absolute atomic E-state index is 12.7. The molecule has 19 heteroatoms. The van der Waals surface area contributed by atoms with Crippen molar-refractivity contribution in [2.75, 3.05) is 39.6 Å². The molecule has 0 aromatic carbocycles. The SMILES string of the molecule is CCCCCCCCCCCCCCCCCC(=O)O[C@H](COC(=O)CC)COP(=O)(O)OC[C@@H](O)COP(=O)(O)OC[C@@H](COC(=O)CCCCCCCCC)OC(=O)CCCCCC. The summed E-state index contributed by atoms with van der Waals surface area (Å²) >= 11 is 0. The van der Waals surface area contributed by atoms with Crippen LogP contribution in [0.25, 0.3) is 0 Å².